The number of anilines is 1. The van der Waals surface area contributed by atoms with Crippen LogP contribution in [0.1, 0.15) is 16.8 Å². The fraction of sp³-hybridized carbons (Fsp3) is 0.0909. The Kier molecular flexibility index (Phi) is 3.77. The summed E-state index contributed by atoms with van der Waals surface area (Å²) in [5.74, 6) is -2.36. The molecule has 0 spiro atoms. The third kappa shape index (κ3) is 2.91. The van der Waals surface area contributed by atoms with Crippen LogP contribution in [0.25, 0.3) is 0 Å². The maximum atomic E-state index is 12.8. The molecule has 0 fully saturated rings. The number of aromatic carboxylic acids is 1. The highest BCUT2D eigenvalue weighted by molar-refractivity contribution is 6.00. The lowest BCUT2D eigenvalue weighted by atomic mass is 10.1. The molecular weight excluding hydrogens is 213 g/mol. The number of carbonyl (C=O) groups excluding carboxylic acids is 1. The summed E-state index contributed by atoms with van der Waals surface area (Å²) in [6.45, 7) is 3.38. The van der Waals surface area contributed by atoms with Gasteiger partial charge in [0.2, 0.25) is 5.91 Å². The Balaban J connectivity index is 2.99. The smallest absolute Gasteiger partial charge is 0.337 e. The first-order chi connectivity index (χ1) is 7.54. The number of benzene rings is 1. The van der Waals surface area contributed by atoms with Crippen molar-refractivity contribution in [2.24, 2.45) is 0 Å². The molecule has 0 radical (unpaired) electrons. The second-order valence-corrected chi connectivity index (χ2v) is 3.04. The number of carboxylic acid groups (broad SMARTS) is 1. The van der Waals surface area contributed by atoms with E-state index < -0.39 is 17.7 Å². The monoisotopic (exact) mass is 223 g/mol. The lowest BCUT2D eigenvalue weighted by molar-refractivity contribution is -0.115. The Morgan fingerprint density at radius 3 is 2.75 bits per heavy atom. The standard InChI is InChI=1S/C11H10FNO3/c1-2-3-10(14)13-9-5-4-7(12)6-8(9)11(15)16/h2,4-6H,1,3H2,(H,13,14)(H,15,16). The van der Waals surface area contributed by atoms with Crippen molar-refractivity contribution in [2.45, 2.75) is 6.42 Å². The second-order valence-electron chi connectivity index (χ2n) is 3.04. The molecule has 0 aliphatic rings. The van der Waals surface area contributed by atoms with Crippen LogP contribution in [0.3, 0.4) is 0 Å². The quantitative estimate of drug-likeness (QED) is 0.767. The predicted molar refractivity (Wildman–Crippen MR) is 56.8 cm³/mol. The van der Waals surface area contributed by atoms with Crippen LogP contribution in [0.5, 0.6) is 0 Å². The molecule has 0 aliphatic heterocycles. The van der Waals surface area contributed by atoms with Crippen LogP contribution in [-0.4, -0.2) is 17.0 Å². The van der Waals surface area contributed by atoms with E-state index in [1.54, 1.807) is 0 Å². The van der Waals surface area contributed by atoms with E-state index in [-0.39, 0.29) is 17.7 Å². The van der Waals surface area contributed by atoms with Gasteiger partial charge in [0.1, 0.15) is 5.82 Å². The van der Waals surface area contributed by atoms with E-state index in [2.05, 4.69) is 11.9 Å². The van der Waals surface area contributed by atoms with Crippen molar-refractivity contribution >= 4 is 17.6 Å². The third-order valence-electron chi connectivity index (χ3n) is 1.82. The Labute approximate surface area is 91.4 Å². The predicted octanol–water partition coefficient (Wildman–Crippen LogP) is 2.04. The van der Waals surface area contributed by atoms with Crippen LogP contribution in [0.4, 0.5) is 10.1 Å². The van der Waals surface area contributed by atoms with Gasteiger partial charge in [0.15, 0.2) is 0 Å². The average Bonchev–Trinajstić information content (AvgIpc) is 2.20. The molecule has 0 aliphatic carbocycles. The molecule has 0 atom stereocenters. The molecule has 0 heterocycles. The number of nitrogens with one attached hydrogen (secondary N) is 1. The highest BCUT2D eigenvalue weighted by Gasteiger charge is 2.12. The normalized spacial score (nSPS) is 9.56. The zero-order valence-corrected chi connectivity index (χ0v) is 8.37. The Bertz CT molecular complexity index is 443. The Morgan fingerprint density at radius 2 is 2.19 bits per heavy atom. The largest absolute Gasteiger partial charge is 0.478 e. The fourth-order valence-electron chi connectivity index (χ4n) is 1.13. The van der Waals surface area contributed by atoms with E-state index >= 15 is 0 Å². The van der Waals surface area contributed by atoms with Crippen LogP contribution < -0.4 is 5.32 Å². The number of rotatable bonds is 4. The van der Waals surface area contributed by atoms with Crippen LogP contribution in [-0.2, 0) is 4.79 Å². The average molecular weight is 223 g/mol. The van der Waals surface area contributed by atoms with E-state index in [1.807, 2.05) is 0 Å². The Morgan fingerprint density at radius 1 is 1.50 bits per heavy atom. The SMILES string of the molecule is C=CCC(=O)Nc1ccc(F)cc1C(=O)O. The van der Waals surface area contributed by atoms with Gasteiger partial charge in [-0.05, 0) is 18.2 Å². The summed E-state index contributed by atoms with van der Waals surface area (Å²) in [6, 6.07) is 3.14. The number of carboxylic acids is 1. The molecule has 1 aromatic carbocycles. The zero-order valence-electron chi connectivity index (χ0n) is 8.37. The van der Waals surface area contributed by atoms with Gasteiger partial charge in [0.25, 0.3) is 0 Å². The van der Waals surface area contributed by atoms with E-state index in [9.17, 15) is 14.0 Å². The first kappa shape index (κ1) is 11.9. The minimum atomic E-state index is -1.30. The fourth-order valence-corrected chi connectivity index (χ4v) is 1.13. The van der Waals surface area contributed by atoms with Crippen molar-refractivity contribution in [1.29, 1.82) is 0 Å². The lowest BCUT2D eigenvalue weighted by Crippen LogP contribution is -2.13. The first-order valence-corrected chi connectivity index (χ1v) is 4.48. The molecule has 1 rings (SSSR count). The van der Waals surface area contributed by atoms with E-state index in [0.29, 0.717) is 0 Å². The number of hydrogen-bond donors (Lipinski definition) is 2. The number of halogens is 1. The van der Waals surface area contributed by atoms with Crippen LogP contribution >= 0.6 is 0 Å². The van der Waals surface area contributed by atoms with Crippen LogP contribution in [0.15, 0.2) is 30.9 Å². The van der Waals surface area contributed by atoms with Gasteiger partial charge >= 0.3 is 5.97 Å². The van der Waals surface area contributed by atoms with Crippen LogP contribution in [0, 0.1) is 5.82 Å². The number of amides is 1. The summed E-state index contributed by atoms with van der Waals surface area (Å²) >= 11 is 0. The van der Waals surface area contributed by atoms with Crippen molar-refractivity contribution in [2.75, 3.05) is 5.32 Å². The van der Waals surface area contributed by atoms with Crippen LogP contribution in [0.2, 0.25) is 0 Å². The minimum absolute atomic E-state index is 0.0659. The second kappa shape index (κ2) is 5.06. The van der Waals surface area contributed by atoms with Crippen molar-refractivity contribution < 1.29 is 19.1 Å². The first-order valence-electron chi connectivity index (χ1n) is 4.48. The summed E-state index contributed by atoms with van der Waals surface area (Å²) in [6.07, 6.45) is 1.45. The molecule has 1 aromatic rings. The molecule has 16 heavy (non-hydrogen) atoms. The van der Waals surface area contributed by atoms with E-state index in [0.717, 1.165) is 12.1 Å². The number of hydrogen-bond acceptors (Lipinski definition) is 2. The van der Waals surface area contributed by atoms with Gasteiger partial charge < -0.3 is 10.4 Å². The molecule has 0 unspecified atom stereocenters. The number of carbonyl (C=O) groups is 2. The van der Waals surface area contributed by atoms with Gasteiger partial charge in [-0.1, -0.05) is 6.08 Å². The molecule has 84 valence electrons. The molecule has 5 heteroatoms. The molecule has 0 saturated carbocycles. The van der Waals surface area contributed by atoms with Gasteiger partial charge in [0.05, 0.1) is 11.3 Å². The van der Waals surface area contributed by atoms with Crippen molar-refractivity contribution in [3.8, 4) is 0 Å². The highest BCUT2D eigenvalue weighted by atomic mass is 19.1. The maximum Gasteiger partial charge on any atom is 0.337 e. The summed E-state index contributed by atoms with van der Waals surface area (Å²) < 4.78 is 12.8. The zero-order chi connectivity index (χ0) is 12.1. The minimum Gasteiger partial charge on any atom is -0.478 e. The van der Waals surface area contributed by atoms with Crippen molar-refractivity contribution in [1.82, 2.24) is 0 Å². The Hall–Kier alpha value is -2.17. The summed E-state index contributed by atoms with van der Waals surface area (Å²) in [5.41, 5.74) is -0.210. The summed E-state index contributed by atoms with van der Waals surface area (Å²) in [4.78, 5) is 22.0. The van der Waals surface area contributed by atoms with Gasteiger partial charge in [0, 0.05) is 6.42 Å². The lowest BCUT2D eigenvalue weighted by Gasteiger charge is -2.07. The van der Waals surface area contributed by atoms with Crippen molar-refractivity contribution in [3.63, 3.8) is 0 Å². The summed E-state index contributed by atoms with van der Waals surface area (Å²) in [5, 5.41) is 11.2. The molecular formula is C11H10FNO3. The summed E-state index contributed by atoms with van der Waals surface area (Å²) in [7, 11) is 0. The van der Waals surface area contributed by atoms with Crippen molar-refractivity contribution in [3.05, 3.63) is 42.2 Å². The van der Waals surface area contributed by atoms with Gasteiger partial charge in [-0.15, -0.1) is 6.58 Å². The van der Waals surface area contributed by atoms with Gasteiger partial charge in [-0.2, -0.15) is 0 Å². The highest BCUT2D eigenvalue weighted by Crippen LogP contribution is 2.17. The molecule has 4 nitrogen and oxygen atoms in total. The van der Waals surface area contributed by atoms with E-state index in [4.69, 9.17) is 5.11 Å². The molecule has 0 bridgehead atoms. The molecule has 1 amide bonds. The van der Waals surface area contributed by atoms with E-state index in [1.165, 1.54) is 12.1 Å². The maximum absolute atomic E-state index is 12.8. The molecule has 0 aromatic heterocycles. The van der Waals surface area contributed by atoms with Gasteiger partial charge in [-0.3, -0.25) is 4.79 Å². The topological polar surface area (TPSA) is 66.4 Å². The van der Waals surface area contributed by atoms with Gasteiger partial charge in [-0.25, -0.2) is 9.18 Å². The third-order valence-corrected chi connectivity index (χ3v) is 1.82. The molecule has 0 saturated heterocycles. The molecule has 2 N–H and O–H groups in total.